The maximum atomic E-state index is 12.5. The molecule has 2 aliphatic rings. The van der Waals surface area contributed by atoms with E-state index in [4.69, 9.17) is 9.47 Å². The zero-order valence-electron chi connectivity index (χ0n) is 11.3. The number of benzene rings is 1. The van der Waals surface area contributed by atoms with Gasteiger partial charge in [0.2, 0.25) is 10.0 Å². The van der Waals surface area contributed by atoms with Crippen molar-refractivity contribution in [1.29, 1.82) is 0 Å². The minimum absolute atomic E-state index is 0.349. The van der Waals surface area contributed by atoms with Crippen molar-refractivity contribution >= 4 is 10.0 Å². The molecule has 2 saturated heterocycles. The van der Waals surface area contributed by atoms with Crippen molar-refractivity contribution in [3.63, 3.8) is 0 Å². The quantitative estimate of drug-likeness (QED) is 0.832. The number of ether oxygens (including phenoxy) is 2. The molecular weight excluding hydrogens is 278 g/mol. The molecule has 2 fully saturated rings. The first kappa shape index (κ1) is 14.0. The molecule has 0 amide bonds. The van der Waals surface area contributed by atoms with E-state index in [1.165, 1.54) is 4.31 Å². The highest BCUT2D eigenvalue weighted by atomic mass is 32.2. The van der Waals surface area contributed by atoms with Gasteiger partial charge < -0.3 is 9.47 Å². The fourth-order valence-corrected chi connectivity index (χ4v) is 4.18. The third-order valence-corrected chi connectivity index (χ3v) is 5.80. The highest BCUT2D eigenvalue weighted by molar-refractivity contribution is 7.89. The van der Waals surface area contributed by atoms with E-state index in [0.717, 1.165) is 6.42 Å². The number of nitrogens with zero attached hydrogens (tertiary/aromatic N) is 1. The monoisotopic (exact) mass is 297 g/mol. The Morgan fingerprint density at radius 1 is 1.00 bits per heavy atom. The topological polar surface area (TPSA) is 55.8 Å². The van der Waals surface area contributed by atoms with Gasteiger partial charge in [-0.1, -0.05) is 18.2 Å². The van der Waals surface area contributed by atoms with Gasteiger partial charge in [-0.25, -0.2) is 8.42 Å². The number of rotatable bonds is 2. The Morgan fingerprint density at radius 3 is 2.20 bits per heavy atom. The standard InChI is InChI=1S/C14H19NO4S/c16-20(17,13-5-2-1-3-6-13)15-9-7-14(8-10-15)18-11-4-12-19-14/h1-3,5-6H,4,7-12H2. The normalized spacial score (nSPS) is 23.8. The number of piperidine rings is 1. The Balaban J connectivity index is 1.72. The van der Waals surface area contributed by atoms with Crippen LogP contribution in [0.25, 0.3) is 0 Å². The molecular formula is C14H19NO4S. The largest absolute Gasteiger partial charge is 0.350 e. The predicted molar refractivity (Wildman–Crippen MR) is 73.7 cm³/mol. The van der Waals surface area contributed by atoms with Crippen LogP contribution in [-0.4, -0.2) is 44.8 Å². The summed E-state index contributed by atoms with van der Waals surface area (Å²) in [5.41, 5.74) is 0. The van der Waals surface area contributed by atoms with Gasteiger partial charge in [-0.2, -0.15) is 4.31 Å². The molecule has 0 bridgehead atoms. The van der Waals surface area contributed by atoms with Crippen LogP contribution in [0.5, 0.6) is 0 Å². The molecule has 2 heterocycles. The Morgan fingerprint density at radius 2 is 1.60 bits per heavy atom. The molecule has 20 heavy (non-hydrogen) atoms. The van der Waals surface area contributed by atoms with Crippen LogP contribution in [0.3, 0.4) is 0 Å². The van der Waals surface area contributed by atoms with Gasteiger partial charge >= 0.3 is 0 Å². The number of hydrogen-bond acceptors (Lipinski definition) is 4. The number of hydrogen-bond donors (Lipinski definition) is 0. The van der Waals surface area contributed by atoms with Crippen molar-refractivity contribution < 1.29 is 17.9 Å². The van der Waals surface area contributed by atoms with Gasteiger partial charge in [-0.15, -0.1) is 0 Å². The fourth-order valence-electron chi connectivity index (χ4n) is 2.71. The summed E-state index contributed by atoms with van der Waals surface area (Å²) in [4.78, 5) is 0.349. The molecule has 3 rings (SSSR count). The van der Waals surface area contributed by atoms with Crippen LogP contribution in [0.15, 0.2) is 35.2 Å². The van der Waals surface area contributed by atoms with Crippen molar-refractivity contribution in [2.45, 2.75) is 29.9 Å². The van der Waals surface area contributed by atoms with Gasteiger partial charge in [0, 0.05) is 25.9 Å². The summed E-state index contributed by atoms with van der Waals surface area (Å²) in [7, 11) is -3.40. The second-order valence-electron chi connectivity index (χ2n) is 5.18. The van der Waals surface area contributed by atoms with Crippen LogP contribution >= 0.6 is 0 Å². The van der Waals surface area contributed by atoms with Crippen LogP contribution in [0, 0.1) is 0 Å². The van der Waals surface area contributed by atoms with E-state index < -0.39 is 15.8 Å². The fraction of sp³-hybridized carbons (Fsp3) is 0.571. The summed E-state index contributed by atoms with van der Waals surface area (Å²) in [5, 5.41) is 0. The van der Waals surface area contributed by atoms with Crippen LogP contribution in [0.2, 0.25) is 0 Å². The van der Waals surface area contributed by atoms with Crippen LogP contribution in [0.4, 0.5) is 0 Å². The van der Waals surface area contributed by atoms with Gasteiger partial charge in [0.1, 0.15) is 0 Å². The minimum atomic E-state index is -3.40. The van der Waals surface area contributed by atoms with Crippen molar-refractivity contribution in [1.82, 2.24) is 4.31 Å². The van der Waals surface area contributed by atoms with Crippen LogP contribution in [-0.2, 0) is 19.5 Å². The molecule has 110 valence electrons. The zero-order valence-corrected chi connectivity index (χ0v) is 12.1. The molecule has 0 N–H and O–H groups in total. The lowest BCUT2D eigenvalue weighted by Gasteiger charge is -2.42. The predicted octanol–water partition coefficient (Wildman–Crippen LogP) is 1.60. The summed E-state index contributed by atoms with van der Waals surface area (Å²) in [6, 6.07) is 8.56. The maximum absolute atomic E-state index is 12.5. The van der Waals surface area contributed by atoms with E-state index in [0.29, 0.717) is 44.0 Å². The Labute approximate surface area is 119 Å². The lowest BCUT2D eigenvalue weighted by atomic mass is 10.0. The van der Waals surface area contributed by atoms with Gasteiger partial charge in [-0.05, 0) is 18.6 Å². The van der Waals surface area contributed by atoms with Crippen molar-refractivity contribution in [2.75, 3.05) is 26.3 Å². The van der Waals surface area contributed by atoms with E-state index >= 15 is 0 Å². The van der Waals surface area contributed by atoms with Gasteiger partial charge in [0.15, 0.2) is 5.79 Å². The summed E-state index contributed by atoms with van der Waals surface area (Å²) in [6.45, 7) is 2.28. The molecule has 1 aromatic carbocycles. The summed E-state index contributed by atoms with van der Waals surface area (Å²) >= 11 is 0. The Bertz CT molecular complexity index is 542. The minimum Gasteiger partial charge on any atom is -0.350 e. The molecule has 1 aromatic rings. The highest BCUT2D eigenvalue weighted by Gasteiger charge is 2.41. The van der Waals surface area contributed by atoms with E-state index in [2.05, 4.69) is 0 Å². The molecule has 6 heteroatoms. The first-order chi connectivity index (χ1) is 9.62. The lowest BCUT2D eigenvalue weighted by Crippen LogP contribution is -2.51. The van der Waals surface area contributed by atoms with E-state index in [-0.39, 0.29) is 0 Å². The van der Waals surface area contributed by atoms with Crippen molar-refractivity contribution in [3.05, 3.63) is 30.3 Å². The second-order valence-corrected chi connectivity index (χ2v) is 7.12. The second kappa shape index (κ2) is 5.44. The molecule has 0 saturated carbocycles. The van der Waals surface area contributed by atoms with Crippen LogP contribution < -0.4 is 0 Å². The first-order valence-electron chi connectivity index (χ1n) is 6.96. The van der Waals surface area contributed by atoms with Gasteiger partial charge in [0.25, 0.3) is 0 Å². The van der Waals surface area contributed by atoms with Crippen molar-refractivity contribution in [2.24, 2.45) is 0 Å². The highest BCUT2D eigenvalue weighted by Crippen LogP contribution is 2.32. The molecule has 0 aliphatic carbocycles. The Hall–Kier alpha value is -0.950. The third-order valence-electron chi connectivity index (χ3n) is 3.88. The van der Waals surface area contributed by atoms with Crippen LogP contribution in [0.1, 0.15) is 19.3 Å². The summed E-state index contributed by atoms with van der Waals surface area (Å²) in [5.74, 6) is -0.555. The summed E-state index contributed by atoms with van der Waals surface area (Å²) in [6.07, 6.45) is 2.10. The molecule has 2 aliphatic heterocycles. The van der Waals surface area contributed by atoms with Gasteiger partial charge in [-0.3, -0.25) is 0 Å². The van der Waals surface area contributed by atoms with E-state index in [1.54, 1.807) is 24.3 Å². The lowest BCUT2D eigenvalue weighted by molar-refractivity contribution is -0.280. The zero-order chi connectivity index (χ0) is 14.1. The number of sulfonamides is 1. The maximum Gasteiger partial charge on any atom is 0.243 e. The molecule has 0 aromatic heterocycles. The average molecular weight is 297 g/mol. The molecule has 1 spiro atoms. The molecule has 5 nitrogen and oxygen atoms in total. The summed E-state index contributed by atoms with van der Waals surface area (Å²) < 4.78 is 38.0. The SMILES string of the molecule is O=S(=O)(c1ccccc1)N1CCC2(CC1)OCCCO2. The third kappa shape index (κ3) is 2.61. The van der Waals surface area contributed by atoms with Gasteiger partial charge in [0.05, 0.1) is 18.1 Å². The Kier molecular flexibility index (Phi) is 3.81. The molecule has 0 atom stereocenters. The van der Waals surface area contributed by atoms with E-state index in [9.17, 15) is 8.42 Å². The van der Waals surface area contributed by atoms with E-state index in [1.807, 2.05) is 6.07 Å². The molecule has 0 radical (unpaired) electrons. The first-order valence-corrected chi connectivity index (χ1v) is 8.40. The van der Waals surface area contributed by atoms with Crippen molar-refractivity contribution in [3.8, 4) is 0 Å². The average Bonchev–Trinajstić information content (AvgIpc) is 2.49. The molecule has 0 unspecified atom stereocenters. The smallest absolute Gasteiger partial charge is 0.243 e.